The fourth-order valence-electron chi connectivity index (χ4n) is 1.37. The molecule has 0 aromatic heterocycles. The number of methoxy groups -OCH3 is 1. The number of nitrogens with one attached hydrogen (secondary N) is 2. The van der Waals surface area contributed by atoms with Gasteiger partial charge in [0.1, 0.15) is 11.8 Å². The number of rotatable bonds is 6. The highest BCUT2D eigenvalue weighted by Crippen LogP contribution is 2.14. The number of aliphatic carboxylic acids is 2. The van der Waals surface area contributed by atoms with E-state index in [1.165, 1.54) is 7.11 Å². The normalized spacial score (nSPS) is 11.2. The van der Waals surface area contributed by atoms with E-state index in [2.05, 4.69) is 10.6 Å². The molecule has 1 rings (SSSR count). The Bertz CT molecular complexity index is 499. The van der Waals surface area contributed by atoms with E-state index < -0.39 is 30.4 Å². The van der Waals surface area contributed by atoms with Gasteiger partial charge in [-0.25, -0.2) is 9.59 Å². The maximum absolute atomic E-state index is 11.6. The Kier molecular flexibility index (Phi) is 5.33. The summed E-state index contributed by atoms with van der Waals surface area (Å²) in [7, 11) is 1.50. The van der Waals surface area contributed by atoms with Gasteiger partial charge >= 0.3 is 18.0 Å². The van der Waals surface area contributed by atoms with Gasteiger partial charge in [-0.05, 0) is 24.3 Å². The van der Waals surface area contributed by atoms with Gasteiger partial charge in [0, 0.05) is 5.69 Å². The van der Waals surface area contributed by atoms with Crippen LogP contribution in [-0.2, 0) is 9.59 Å². The molecule has 20 heavy (non-hydrogen) atoms. The van der Waals surface area contributed by atoms with Crippen LogP contribution >= 0.6 is 0 Å². The van der Waals surface area contributed by atoms with Crippen molar-refractivity contribution >= 4 is 23.7 Å². The fraction of sp³-hybridized carbons (Fsp3) is 0.250. The molecule has 0 radical (unpaired) electrons. The lowest BCUT2D eigenvalue weighted by molar-refractivity contribution is -0.145. The fourth-order valence-corrected chi connectivity index (χ4v) is 1.37. The van der Waals surface area contributed by atoms with E-state index in [0.29, 0.717) is 11.4 Å². The molecule has 0 aliphatic carbocycles. The number of anilines is 1. The number of hydrogen-bond acceptors (Lipinski definition) is 4. The van der Waals surface area contributed by atoms with Crippen LogP contribution in [0.25, 0.3) is 0 Å². The lowest BCUT2D eigenvalue weighted by atomic mass is 10.2. The Morgan fingerprint density at radius 1 is 1.20 bits per heavy atom. The maximum Gasteiger partial charge on any atom is 0.326 e. The van der Waals surface area contributed by atoms with Crippen LogP contribution < -0.4 is 15.4 Å². The van der Waals surface area contributed by atoms with Crippen molar-refractivity contribution in [3.8, 4) is 5.75 Å². The Morgan fingerprint density at radius 2 is 1.80 bits per heavy atom. The number of urea groups is 1. The Labute approximate surface area is 114 Å². The smallest absolute Gasteiger partial charge is 0.326 e. The zero-order chi connectivity index (χ0) is 15.1. The molecule has 0 spiro atoms. The zero-order valence-electron chi connectivity index (χ0n) is 10.6. The van der Waals surface area contributed by atoms with Crippen LogP contribution in [0.15, 0.2) is 24.3 Å². The monoisotopic (exact) mass is 282 g/mol. The molecule has 0 saturated carbocycles. The Balaban J connectivity index is 2.60. The standard InChI is InChI=1S/C12H14N2O6/c1-20-8-4-2-7(3-5-8)13-12(19)14-9(11(17)18)6-10(15)16/h2-5,9H,6H2,1H3,(H,15,16)(H,17,18)(H2,13,14,19)/t9-/m1/s1. The largest absolute Gasteiger partial charge is 0.497 e. The number of hydrogen-bond donors (Lipinski definition) is 4. The van der Waals surface area contributed by atoms with Gasteiger partial charge in [0.25, 0.3) is 0 Å². The molecule has 1 aromatic rings. The minimum Gasteiger partial charge on any atom is -0.497 e. The van der Waals surface area contributed by atoms with E-state index >= 15 is 0 Å². The van der Waals surface area contributed by atoms with E-state index in [1.807, 2.05) is 0 Å². The second kappa shape index (κ2) is 6.98. The topological polar surface area (TPSA) is 125 Å². The first-order chi connectivity index (χ1) is 9.42. The van der Waals surface area contributed by atoms with Crippen molar-refractivity contribution in [1.82, 2.24) is 5.32 Å². The van der Waals surface area contributed by atoms with E-state index in [0.717, 1.165) is 0 Å². The molecule has 0 unspecified atom stereocenters. The van der Waals surface area contributed by atoms with Gasteiger partial charge in [-0.3, -0.25) is 4.79 Å². The van der Waals surface area contributed by atoms with Crippen molar-refractivity contribution in [1.29, 1.82) is 0 Å². The lowest BCUT2D eigenvalue weighted by Gasteiger charge is -2.13. The van der Waals surface area contributed by atoms with Crippen molar-refractivity contribution in [3.63, 3.8) is 0 Å². The Hall–Kier alpha value is -2.77. The average molecular weight is 282 g/mol. The summed E-state index contributed by atoms with van der Waals surface area (Å²) in [6, 6.07) is 4.05. The van der Waals surface area contributed by atoms with Crippen LogP contribution in [0, 0.1) is 0 Å². The van der Waals surface area contributed by atoms with Gasteiger partial charge in [0.2, 0.25) is 0 Å². The van der Waals surface area contributed by atoms with E-state index in [-0.39, 0.29) is 0 Å². The third-order valence-electron chi connectivity index (χ3n) is 2.33. The first kappa shape index (κ1) is 15.3. The van der Waals surface area contributed by atoms with Crippen molar-refractivity contribution in [2.45, 2.75) is 12.5 Å². The molecule has 4 N–H and O–H groups in total. The van der Waals surface area contributed by atoms with Crippen LogP contribution in [-0.4, -0.2) is 41.3 Å². The van der Waals surface area contributed by atoms with Gasteiger partial charge in [-0.15, -0.1) is 0 Å². The van der Waals surface area contributed by atoms with Crippen LogP contribution in [0.5, 0.6) is 5.75 Å². The molecule has 0 saturated heterocycles. The quantitative estimate of drug-likeness (QED) is 0.610. The summed E-state index contributed by atoms with van der Waals surface area (Å²) in [4.78, 5) is 32.8. The number of ether oxygens (including phenoxy) is 1. The summed E-state index contributed by atoms with van der Waals surface area (Å²) in [6.45, 7) is 0. The molecule has 108 valence electrons. The van der Waals surface area contributed by atoms with Crippen LogP contribution in [0.2, 0.25) is 0 Å². The van der Waals surface area contributed by atoms with E-state index in [9.17, 15) is 14.4 Å². The Morgan fingerprint density at radius 3 is 2.25 bits per heavy atom. The van der Waals surface area contributed by atoms with Gasteiger partial charge in [0.15, 0.2) is 0 Å². The molecule has 0 fully saturated rings. The molecular weight excluding hydrogens is 268 g/mol. The molecule has 8 nitrogen and oxygen atoms in total. The van der Waals surface area contributed by atoms with E-state index in [1.54, 1.807) is 24.3 Å². The molecule has 0 bridgehead atoms. The van der Waals surface area contributed by atoms with Crippen molar-refractivity contribution in [2.75, 3.05) is 12.4 Å². The van der Waals surface area contributed by atoms with Gasteiger partial charge < -0.3 is 25.6 Å². The number of carboxylic acids is 2. The summed E-state index contributed by atoms with van der Waals surface area (Å²) in [6.07, 6.45) is -0.703. The third-order valence-corrected chi connectivity index (χ3v) is 2.33. The van der Waals surface area contributed by atoms with Crippen LogP contribution in [0.1, 0.15) is 6.42 Å². The van der Waals surface area contributed by atoms with Gasteiger partial charge in [0.05, 0.1) is 13.5 Å². The number of carbonyl (C=O) groups excluding carboxylic acids is 1. The first-order valence-corrected chi connectivity index (χ1v) is 5.58. The van der Waals surface area contributed by atoms with Crippen molar-refractivity contribution in [2.24, 2.45) is 0 Å². The van der Waals surface area contributed by atoms with Gasteiger partial charge in [-0.2, -0.15) is 0 Å². The minimum absolute atomic E-state index is 0.419. The molecule has 1 aromatic carbocycles. The molecule has 8 heteroatoms. The highest BCUT2D eigenvalue weighted by Gasteiger charge is 2.22. The van der Waals surface area contributed by atoms with E-state index in [4.69, 9.17) is 14.9 Å². The molecule has 2 amide bonds. The first-order valence-electron chi connectivity index (χ1n) is 5.58. The second-order valence-electron chi connectivity index (χ2n) is 3.82. The molecule has 1 atom stereocenters. The van der Waals surface area contributed by atoms with Crippen LogP contribution in [0.4, 0.5) is 10.5 Å². The van der Waals surface area contributed by atoms with Gasteiger partial charge in [-0.1, -0.05) is 0 Å². The second-order valence-corrected chi connectivity index (χ2v) is 3.82. The molecule has 0 heterocycles. The SMILES string of the molecule is COc1ccc(NC(=O)N[C@H](CC(=O)O)C(=O)O)cc1. The highest BCUT2D eigenvalue weighted by molar-refractivity contribution is 5.93. The summed E-state index contributed by atoms with van der Waals surface area (Å²) >= 11 is 0. The van der Waals surface area contributed by atoms with Crippen LogP contribution in [0.3, 0.4) is 0 Å². The highest BCUT2D eigenvalue weighted by atomic mass is 16.5. The average Bonchev–Trinajstić information content (AvgIpc) is 2.38. The summed E-state index contributed by atoms with van der Waals surface area (Å²) in [5.41, 5.74) is 0.419. The predicted octanol–water partition coefficient (Wildman–Crippen LogP) is 0.745. The van der Waals surface area contributed by atoms with Crippen molar-refractivity contribution in [3.05, 3.63) is 24.3 Å². The third kappa shape index (κ3) is 4.84. The lowest BCUT2D eigenvalue weighted by Crippen LogP contribution is -2.44. The minimum atomic E-state index is -1.49. The predicted molar refractivity (Wildman–Crippen MR) is 68.8 cm³/mol. The number of benzene rings is 1. The number of amides is 2. The maximum atomic E-state index is 11.6. The number of carbonyl (C=O) groups is 3. The van der Waals surface area contributed by atoms with Crippen molar-refractivity contribution < 1.29 is 29.3 Å². The summed E-state index contributed by atoms with van der Waals surface area (Å²) in [5.74, 6) is -2.13. The molecular formula is C12H14N2O6. The summed E-state index contributed by atoms with van der Waals surface area (Å²) < 4.78 is 4.94. The molecule has 0 aliphatic rings. The molecule has 0 aliphatic heterocycles. The zero-order valence-corrected chi connectivity index (χ0v) is 10.6. The number of carboxylic acid groups (broad SMARTS) is 2. The summed E-state index contributed by atoms with van der Waals surface area (Å²) in [5, 5.41) is 21.8.